The van der Waals surface area contributed by atoms with Crippen molar-refractivity contribution in [3.63, 3.8) is 0 Å². The quantitative estimate of drug-likeness (QED) is 0.328. The molecule has 3 nitrogen and oxygen atoms in total. The van der Waals surface area contributed by atoms with E-state index in [0.717, 1.165) is 69.7 Å². The molecule has 0 aromatic rings. The summed E-state index contributed by atoms with van der Waals surface area (Å²) in [6, 6.07) is 0.298. The van der Waals surface area contributed by atoms with Gasteiger partial charge in [0.25, 0.3) is 5.91 Å². The molecule has 5 rings (SSSR count). The Morgan fingerprint density at radius 1 is 1.19 bits per heavy atom. The SMILES string of the molecule is C#CC1=IC=C(N2C(=O)C3(CCC3)N(C3CCC(C)CC3)C2=C2CC2)C=C1C(F)(F)F. The van der Waals surface area contributed by atoms with Crippen LogP contribution in [0.4, 0.5) is 13.2 Å². The number of hydrogen-bond donors (Lipinski definition) is 0. The molecule has 0 aromatic heterocycles. The van der Waals surface area contributed by atoms with Gasteiger partial charge in [0.15, 0.2) is 0 Å². The lowest BCUT2D eigenvalue weighted by molar-refractivity contribution is -0.137. The summed E-state index contributed by atoms with van der Waals surface area (Å²) in [5.41, 5.74) is 0.290. The fourth-order valence-corrected chi connectivity index (χ4v) is 7.47. The van der Waals surface area contributed by atoms with Crippen molar-refractivity contribution in [3.8, 4) is 12.3 Å². The number of halogens is 4. The number of terminal acetylenes is 1. The van der Waals surface area contributed by atoms with Gasteiger partial charge in [0.1, 0.15) is 11.4 Å². The zero-order chi connectivity index (χ0) is 22.0. The topological polar surface area (TPSA) is 23.6 Å². The Kier molecular flexibility index (Phi) is 5.15. The molecule has 2 aliphatic heterocycles. The number of nitrogens with zero attached hydrogens (tertiary/aromatic N) is 2. The molecule has 1 amide bonds. The molecule has 0 N–H and O–H groups in total. The number of carbonyl (C=O) groups excluding carboxylic acids is 1. The van der Waals surface area contributed by atoms with E-state index in [4.69, 9.17) is 6.42 Å². The average Bonchev–Trinajstić information content (AvgIpc) is 3.50. The van der Waals surface area contributed by atoms with Gasteiger partial charge >= 0.3 is 6.18 Å². The summed E-state index contributed by atoms with van der Waals surface area (Å²) >= 11 is -1.11. The van der Waals surface area contributed by atoms with Crippen LogP contribution < -0.4 is 0 Å². The number of hydrogen-bond acceptors (Lipinski definition) is 2. The molecule has 166 valence electrons. The first-order valence-corrected chi connectivity index (χ1v) is 13.4. The predicted octanol–water partition coefficient (Wildman–Crippen LogP) is 5.76. The second-order valence-corrected chi connectivity index (χ2v) is 11.7. The van der Waals surface area contributed by atoms with Crippen LogP contribution in [0.2, 0.25) is 0 Å². The lowest BCUT2D eigenvalue weighted by Crippen LogP contribution is -2.57. The molecule has 0 radical (unpaired) electrons. The first-order chi connectivity index (χ1) is 14.8. The van der Waals surface area contributed by atoms with E-state index in [-0.39, 0.29) is 9.42 Å². The van der Waals surface area contributed by atoms with Crippen LogP contribution in [0, 0.1) is 18.3 Å². The van der Waals surface area contributed by atoms with Crippen molar-refractivity contribution in [2.45, 2.75) is 82.5 Å². The van der Waals surface area contributed by atoms with Gasteiger partial charge in [0, 0.05) is 6.04 Å². The summed E-state index contributed by atoms with van der Waals surface area (Å²) in [6.45, 7) is 2.27. The second kappa shape index (κ2) is 7.50. The summed E-state index contributed by atoms with van der Waals surface area (Å²) in [4.78, 5) is 17.9. The first-order valence-electron chi connectivity index (χ1n) is 11.1. The molecule has 0 aromatic carbocycles. The summed E-state index contributed by atoms with van der Waals surface area (Å²) in [5, 5.41) is 0. The maximum Gasteiger partial charge on any atom is 0.418 e. The summed E-state index contributed by atoms with van der Waals surface area (Å²) in [6.07, 6.45) is 10.8. The van der Waals surface area contributed by atoms with Gasteiger partial charge in [-0.15, -0.1) is 6.42 Å². The third-order valence-corrected chi connectivity index (χ3v) is 9.81. The maximum atomic E-state index is 13.8. The van der Waals surface area contributed by atoms with E-state index in [1.165, 1.54) is 5.57 Å². The van der Waals surface area contributed by atoms with Crippen LogP contribution in [-0.2, 0) is 4.79 Å². The van der Waals surface area contributed by atoms with Crippen molar-refractivity contribution in [2.24, 2.45) is 5.92 Å². The van der Waals surface area contributed by atoms with E-state index in [2.05, 4.69) is 17.7 Å². The van der Waals surface area contributed by atoms with Crippen LogP contribution in [0.1, 0.15) is 64.7 Å². The molecule has 0 atom stereocenters. The minimum absolute atomic E-state index is 0.0241. The minimum Gasteiger partial charge on any atom is -0.340 e. The van der Waals surface area contributed by atoms with E-state index >= 15 is 0 Å². The molecule has 0 unspecified atom stereocenters. The van der Waals surface area contributed by atoms with E-state index < -0.39 is 38.0 Å². The Labute approximate surface area is 191 Å². The van der Waals surface area contributed by atoms with Crippen LogP contribution in [0.25, 0.3) is 0 Å². The summed E-state index contributed by atoms with van der Waals surface area (Å²) in [5.74, 6) is 3.81. The van der Waals surface area contributed by atoms with E-state index in [9.17, 15) is 18.0 Å². The average molecular weight is 542 g/mol. The lowest BCUT2D eigenvalue weighted by atomic mass is 9.73. The molecule has 0 bridgehead atoms. The van der Waals surface area contributed by atoms with Crippen LogP contribution in [0.5, 0.6) is 0 Å². The molecular formula is C24H26F3IN2O. The molecule has 2 heterocycles. The monoisotopic (exact) mass is 542 g/mol. The lowest BCUT2D eigenvalue weighted by Gasteiger charge is -2.49. The Balaban J connectivity index is 1.59. The zero-order valence-electron chi connectivity index (χ0n) is 17.6. The molecule has 7 heteroatoms. The minimum atomic E-state index is -4.51. The highest BCUT2D eigenvalue weighted by Gasteiger charge is 2.61. The van der Waals surface area contributed by atoms with Crippen molar-refractivity contribution < 1.29 is 18.0 Å². The number of amides is 1. The third-order valence-electron chi connectivity index (χ3n) is 7.34. The number of allylic oxidation sites excluding steroid dienone is 3. The summed E-state index contributed by atoms with van der Waals surface area (Å²) < 4.78 is 43.0. The van der Waals surface area contributed by atoms with Crippen molar-refractivity contribution >= 4 is 30.1 Å². The molecule has 1 saturated heterocycles. The molecule has 4 fully saturated rings. The van der Waals surface area contributed by atoms with Crippen molar-refractivity contribution in [2.75, 3.05) is 0 Å². The first kappa shape index (κ1) is 21.3. The van der Waals surface area contributed by atoms with Gasteiger partial charge < -0.3 is 4.90 Å². The largest absolute Gasteiger partial charge is 0.418 e. The van der Waals surface area contributed by atoms with Gasteiger partial charge in [-0.2, -0.15) is 13.2 Å². The van der Waals surface area contributed by atoms with E-state index in [1.54, 1.807) is 4.90 Å². The van der Waals surface area contributed by atoms with Gasteiger partial charge in [-0.05, 0) is 79.4 Å². The Hall–Kier alpha value is -1.56. The highest BCUT2D eigenvalue weighted by Crippen LogP contribution is 2.55. The highest BCUT2D eigenvalue weighted by molar-refractivity contribution is 14.2. The van der Waals surface area contributed by atoms with Gasteiger partial charge in [0.05, 0.1) is 14.8 Å². The third kappa shape index (κ3) is 3.40. The van der Waals surface area contributed by atoms with Crippen LogP contribution in [0.15, 0.2) is 32.8 Å². The van der Waals surface area contributed by atoms with Crippen molar-refractivity contribution in [1.29, 1.82) is 0 Å². The Morgan fingerprint density at radius 2 is 1.87 bits per heavy atom. The Morgan fingerprint density at radius 3 is 2.39 bits per heavy atom. The molecule has 3 aliphatic carbocycles. The van der Waals surface area contributed by atoms with Crippen molar-refractivity contribution in [1.82, 2.24) is 9.80 Å². The fraction of sp³-hybridized carbons (Fsp3) is 0.583. The zero-order valence-corrected chi connectivity index (χ0v) is 19.7. The predicted molar refractivity (Wildman–Crippen MR) is 123 cm³/mol. The maximum absolute atomic E-state index is 13.8. The highest BCUT2D eigenvalue weighted by atomic mass is 127. The standard InChI is InChI=1S/C24H26F3IN2O/c1-3-20-19(24(25,26)27)13-18(14-28-20)29-21(16-7-8-16)30(17-9-5-15(2)6-10-17)23(22(29)31)11-4-12-23/h1,13-15,17H,4-12H2,2H3. The molecule has 3 saturated carbocycles. The number of rotatable bonds is 2. The van der Waals surface area contributed by atoms with Gasteiger partial charge in [-0.3, -0.25) is 9.69 Å². The molecule has 5 aliphatic rings. The van der Waals surface area contributed by atoms with Gasteiger partial charge in [-0.25, -0.2) is 0 Å². The Bertz CT molecular complexity index is 979. The number of alkyl halides is 3. The van der Waals surface area contributed by atoms with Crippen LogP contribution in [-0.4, -0.2) is 37.0 Å². The molecule has 31 heavy (non-hydrogen) atoms. The van der Waals surface area contributed by atoms with E-state index in [1.807, 2.05) is 4.08 Å². The van der Waals surface area contributed by atoms with E-state index in [0.29, 0.717) is 17.7 Å². The van der Waals surface area contributed by atoms with Gasteiger partial charge in [-0.1, -0.05) is 33.6 Å². The van der Waals surface area contributed by atoms with Gasteiger partial charge in [0.2, 0.25) is 0 Å². The van der Waals surface area contributed by atoms with Crippen LogP contribution in [0.3, 0.4) is 0 Å². The second-order valence-electron chi connectivity index (χ2n) is 9.39. The van der Waals surface area contributed by atoms with Crippen molar-refractivity contribution in [3.05, 3.63) is 32.8 Å². The fourth-order valence-electron chi connectivity index (χ4n) is 5.40. The molecular weight excluding hydrogens is 516 g/mol. The van der Waals surface area contributed by atoms with Crippen LogP contribution >= 0.6 is 20.7 Å². The molecule has 1 spiro atoms. The normalized spacial score (nSPS) is 30.3. The number of carbonyl (C=O) groups is 1. The summed E-state index contributed by atoms with van der Waals surface area (Å²) in [7, 11) is 0. The smallest absolute Gasteiger partial charge is 0.340 e.